The lowest BCUT2D eigenvalue weighted by Crippen LogP contribution is -2.32. The molecular weight excluding hydrogens is 236 g/mol. The molecule has 0 unspecified atom stereocenters. The number of rotatable bonds is 5. The van der Waals surface area contributed by atoms with Gasteiger partial charge >= 0.3 is 0 Å². The van der Waals surface area contributed by atoms with Crippen molar-refractivity contribution in [1.82, 2.24) is 4.90 Å². The summed E-state index contributed by atoms with van der Waals surface area (Å²) in [5, 5.41) is 0. The van der Waals surface area contributed by atoms with Crippen LogP contribution in [-0.4, -0.2) is 25.1 Å². The Morgan fingerprint density at radius 1 is 1.26 bits per heavy atom. The highest BCUT2D eigenvalue weighted by Gasteiger charge is 2.18. The van der Waals surface area contributed by atoms with Gasteiger partial charge in [0.1, 0.15) is 5.75 Å². The van der Waals surface area contributed by atoms with Gasteiger partial charge in [0.05, 0.1) is 7.11 Å². The van der Waals surface area contributed by atoms with Gasteiger partial charge in [-0.25, -0.2) is 0 Å². The highest BCUT2D eigenvalue weighted by atomic mass is 16.5. The van der Waals surface area contributed by atoms with Crippen LogP contribution in [0.25, 0.3) is 0 Å². The molecule has 1 aromatic rings. The highest BCUT2D eigenvalue weighted by Crippen LogP contribution is 2.24. The van der Waals surface area contributed by atoms with Crippen LogP contribution in [0.2, 0.25) is 0 Å². The molecule has 0 aromatic heterocycles. The standard InChI is InChI=1S/C16H26N2O/c1-18(15-6-4-3-5-7-15)12-13-8-9-16(19-2)14(10-13)11-17/h8-10,15H,3-7,11-12,17H2,1-2H3. The third-order valence-corrected chi connectivity index (χ3v) is 4.19. The summed E-state index contributed by atoms with van der Waals surface area (Å²) in [4.78, 5) is 2.49. The van der Waals surface area contributed by atoms with E-state index in [9.17, 15) is 0 Å². The maximum atomic E-state index is 5.78. The smallest absolute Gasteiger partial charge is 0.123 e. The number of ether oxygens (including phenoxy) is 1. The molecule has 2 N–H and O–H groups in total. The van der Waals surface area contributed by atoms with E-state index in [0.717, 1.165) is 23.9 Å². The minimum Gasteiger partial charge on any atom is -0.496 e. The number of nitrogens with zero attached hydrogens (tertiary/aromatic N) is 1. The fourth-order valence-corrected chi connectivity index (χ4v) is 3.03. The Labute approximate surface area is 116 Å². The second-order valence-electron chi connectivity index (χ2n) is 5.56. The summed E-state index contributed by atoms with van der Waals surface area (Å²) in [5.74, 6) is 0.895. The Balaban J connectivity index is 2.01. The molecule has 0 aliphatic heterocycles. The lowest BCUT2D eigenvalue weighted by atomic mass is 9.94. The molecule has 0 atom stereocenters. The van der Waals surface area contributed by atoms with Crippen LogP contribution in [-0.2, 0) is 13.1 Å². The van der Waals surface area contributed by atoms with Crippen LogP contribution in [0, 0.1) is 0 Å². The Bertz CT molecular complexity index is 400. The van der Waals surface area contributed by atoms with Gasteiger partial charge in [0, 0.05) is 24.7 Å². The van der Waals surface area contributed by atoms with Crippen LogP contribution in [0.4, 0.5) is 0 Å². The van der Waals surface area contributed by atoms with Crippen molar-refractivity contribution in [3.63, 3.8) is 0 Å². The van der Waals surface area contributed by atoms with Crippen molar-refractivity contribution in [1.29, 1.82) is 0 Å². The van der Waals surface area contributed by atoms with Crippen molar-refractivity contribution in [2.24, 2.45) is 5.73 Å². The van der Waals surface area contributed by atoms with Gasteiger partial charge in [0.2, 0.25) is 0 Å². The lowest BCUT2D eigenvalue weighted by molar-refractivity contribution is 0.184. The monoisotopic (exact) mass is 262 g/mol. The summed E-state index contributed by atoms with van der Waals surface area (Å²) in [6.07, 6.45) is 6.86. The molecule has 0 saturated heterocycles. The van der Waals surface area contributed by atoms with Crippen LogP contribution in [0.3, 0.4) is 0 Å². The second kappa shape index (κ2) is 6.92. The first-order valence-electron chi connectivity index (χ1n) is 7.30. The SMILES string of the molecule is COc1ccc(CN(C)C2CCCCC2)cc1CN. The van der Waals surface area contributed by atoms with Gasteiger partial charge in [-0.3, -0.25) is 4.90 Å². The van der Waals surface area contributed by atoms with E-state index in [1.54, 1.807) is 7.11 Å². The van der Waals surface area contributed by atoms with Gasteiger partial charge in [-0.15, -0.1) is 0 Å². The molecule has 19 heavy (non-hydrogen) atoms. The highest BCUT2D eigenvalue weighted by molar-refractivity contribution is 5.37. The van der Waals surface area contributed by atoms with Gasteiger partial charge in [-0.05, 0) is 37.6 Å². The predicted molar refractivity (Wildman–Crippen MR) is 79.2 cm³/mol. The maximum absolute atomic E-state index is 5.78. The van der Waals surface area contributed by atoms with Gasteiger partial charge < -0.3 is 10.5 Å². The average Bonchev–Trinajstić information content (AvgIpc) is 2.48. The van der Waals surface area contributed by atoms with Crippen LogP contribution in [0.15, 0.2) is 18.2 Å². The summed E-state index contributed by atoms with van der Waals surface area (Å²) in [6, 6.07) is 7.11. The number of benzene rings is 1. The molecule has 0 amide bonds. The van der Waals surface area contributed by atoms with Crippen molar-refractivity contribution in [2.75, 3.05) is 14.2 Å². The van der Waals surface area contributed by atoms with Gasteiger partial charge in [-0.1, -0.05) is 25.3 Å². The molecule has 3 heteroatoms. The topological polar surface area (TPSA) is 38.5 Å². The Morgan fingerprint density at radius 2 is 2.00 bits per heavy atom. The van der Waals surface area contributed by atoms with Crippen molar-refractivity contribution in [3.8, 4) is 5.75 Å². The van der Waals surface area contributed by atoms with E-state index in [4.69, 9.17) is 10.5 Å². The van der Waals surface area contributed by atoms with E-state index in [2.05, 4.69) is 24.1 Å². The summed E-state index contributed by atoms with van der Waals surface area (Å²) in [6.45, 7) is 1.53. The van der Waals surface area contributed by atoms with Crippen LogP contribution < -0.4 is 10.5 Å². The molecule has 106 valence electrons. The van der Waals surface area contributed by atoms with Gasteiger partial charge in [-0.2, -0.15) is 0 Å². The molecule has 0 heterocycles. The second-order valence-corrected chi connectivity index (χ2v) is 5.56. The minimum atomic E-state index is 0.532. The van der Waals surface area contributed by atoms with E-state index >= 15 is 0 Å². The lowest BCUT2D eigenvalue weighted by Gasteiger charge is -2.31. The predicted octanol–water partition coefficient (Wildman–Crippen LogP) is 2.92. The molecule has 1 aromatic carbocycles. The van der Waals surface area contributed by atoms with Crippen molar-refractivity contribution in [2.45, 2.75) is 51.2 Å². The summed E-state index contributed by atoms with van der Waals surface area (Å²) in [5.41, 5.74) is 8.20. The van der Waals surface area contributed by atoms with Crippen molar-refractivity contribution < 1.29 is 4.74 Å². The molecule has 0 radical (unpaired) electrons. The first-order chi connectivity index (χ1) is 9.24. The van der Waals surface area contributed by atoms with E-state index < -0.39 is 0 Å². The largest absolute Gasteiger partial charge is 0.496 e. The zero-order chi connectivity index (χ0) is 13.7. The van der Waals surface area contributed by atoms with E-state index in [0.29, 0.717) is 6.54 Å². The number of hydrogen-bond acceptors (Lipinski definition) is 3. The number of hydrogen-bond donors (Lipinski definition) is 1. The first kappa shape index (κ1) is 14.4. The molecule has 2 rings (SSSR count). The van der Waals surface area contributed by atoms with E-state index in [-0.39, 0.29) is 0 Å². The third-order valence-electron chi connectivity index (χ3n) is 4.19. The molecule has 1 aliphatic rings. The van der Waals surface area contributed by atoms with Crippen LogP contribution in [0.1, 0.15) is 43.2 Å². The molecule has 0 spiro atoms. The fraction of sp³-hybridized carbons (Fsp3) is 0.625. The van der Waals surface area contributed by atoms with Crippen molar-refractivity contribution in [3.05, 3.63) is 29.3 Å². The average molecular weight is 262 g/mol. The zero-order valence-electron chi connectivity index (χ0n) is 12.2. The summed E-state index contributed by atoms with van der Waals surface area (Å²) >= 11 is 0. The summed E-state index contributed by atoms with van der Waals surface area (Å²) in [7, 11) is 3.94. The van der Waals surface area contributed by atoms with E-state index in [1.165, 1.54) is 37.7 Å². The van der Waals surface area contributed by atoms with E-state index in [1.807, 2.05) is 6.07 Å². The van der Waals surface area contributed by atoms with Gasteiger partial charge in [0.25, 0.3) is 0 Å². The summed E-state index contributed by atoms with van der Waals surface area (Å²) < 4.78 is 5.32. The molecule has 1 aliphatic carbocycles. The Kier molecular flexibility index (Phi) is 5.23. The molecular formula is C16H26N2O. The van der Waals surface area contributed by atoms with Crippen LogP contribution in [0.5, 0.6) is 5.75 Å². The fourth-order valence-electron chi connectivity index (χ4n) is 3.03. The molecule has 1 saturated carbocycles. The van der Waals surface area contributed by atoms with Crippen molar-refractivity contribution >= 4 is 0 Å². The third kappa shape index (κ3) is 3.71. The van der Waals surface area contributed by atoms with Gasteiger partial charge in [0.15, 0.2) is 0 Å². The minimum absolute atomic E-state index is 0.532. The number of methoxy groups -OCH3 is 1. The Hall–Kier alpha value is -1.06. The first-order valence-corrected chi connectivity index (χ1v) is 7.30. The normalized spacial score (nSPS) is 16.8. The number of nitrogens with two attached hydrogens (primary N) is 1. The Morgan fingerprint density at radius 3 is 2.63 bits per heavy atom. The maximum Gasteiger partial charge on any atom is 0.123 e. The molecule has 1 fully saturated rings. The van der Waals surface area contributed by atoms with Crippen LogP contribution >= 0.6 is 0 Å². The zero-order valence-corrected chi connectivity index (χ0v) is 12.2. The molecule has 0 bridgehead atoms. The molecule has 3 nitrogen and oxygen atoms in total. The quantitative estimate of drug-likeness (QED) is 0.886.